The summed E-state index contributed by atoms with van der Waals surface area (Å²) in [6.45, 7) is 28.5. The quantitative estimate of drug-likeness (QED) is 0.0602. The number of likely N-dealkylation sites (tertiary alicyclic amines) is 1. The van der Waals surface area contributed by atoms with Gasteiger partial charge in [-0.25, -0.2) is 0 Å². The first-order valence-electron chi connectivity index (χ1n) is 28.0. The molecule has 5 aromatic carbocycles. The summed E-state index contributed by atoms with van der Waals surface area (Å²) < 4.78 is 42.6. The van der Waals surface area contributed by atoms with Crippen LogP contribution in [0.1, 0.15) is 134 Å². The van der Waals surface area contributed by atoms with Crippen LogP contribution in [0, 0.1) is 16.2 Å². The molecule has 15 heteroatoms. The first kappa shape index (κ1) is 56.9. The normalized spacial score (nSPS) is 20.5. The fourth-order valence-electron chi connectivity index (χ4n) is 11.3. The van der Waals surface area contributed by atoms with Crippen molar-refractivity contribution in [3.05, 3.63) is 90.5 Å². The second-order valence-electron chi connectivity index (χ2n) is 25.1. The van der Waals surface area contributed by atoms with Crippen molar-refractivity contribution in [2.45, 2.75) is 157 Å². The van der Waals surface area contributed by atoms with Crippen LogP contribution >= 0.6 is 0 Å². The van der Waals surface area contributed by atoms with Crippen LogP contribution in [0.5, 0.6) is 23.0 Å². The average Bonchev–Trinajstić information content (AvgIpc) is 3.18. The molecule has 0 radical (unpaired) electrons. The van der Waals surface area contributed by atoms with E-state index in [9.17, 15) is 19.2 Å². The molecule has 0 saturated carbocycles. The van der Waals surface area contributed by atoms with Crippen molar-refractivity contribution >= 4 is 74.9 Å². The van der Waals surface area contributed by atoms with Crippen LogP contribution in [0.15, 0.2) is 94.9 Å². The molecule has 2 spiro atoms. The standard InChI is InChI=1S/C64H78N4O11/c1-13-43(74-53(69)27-29-55(71)76-45-23-19-41-21-25-51-57(47(41)33-45)65-37-63(78-51)61(9,10)31-32-67(63)39-59(3,4)5)35-73-36-44(14-2)75-54(70)28-30-56(72)77-46-24-20-42-22-26-52-58(48(42)34-46)66-38-64(79-52)62(11,12)49-17-15-16-18-50(49)68(64)40-60(6,7)8/h15-26,33-34,37-38,43-44H,13-14,27-32,35-36,39-40H2,1-12H3. The molecule has 15 nitrogen and oxygen atoms in total. The van der Waals surface area contributed by atoms with Crippen LogP contribution in [-0.4, -0.2) is 97.7 Å². The summed E-state index contributed by atoms with van der Waals surface area (Å²) in [4.78, 5) is 66.8. The second-order valence-corrected chi connectivity index (χ2v) is 25.1. The number of carbonyl (C=O) groups is 4. The van der Waals surface area contributed by atoms with Crippen molar-refractivity contribution in [3.63, 3.8) is 0 Å². The van der Waals surface area contributed by atoms with Crippen LogP contribution in [0.2, 0.25) is 0 Å². The second kappa shape index (κ2) is 22.0. The van der Waals surface area contributed by atoms with E-state index in [0.29, 0.717) is 47.2 Å². The fourth-order valence-corrected chi connectivity index (χ4v) is 11.3. The van der Waals surface area contributed by atoms with Crippen molar-refractivity contribution in [2.24, 2.45) is 26.2 Å². The molecule has 79 heavy (non-hydrogen) atoms. The van der Waals surface area contributed by atoms with Crippen LogP contribution in [0.25, 0.3) is 21.5 Å². The molecular weight excluding hydrogens is 1000 g/mol. The molecule has 4 atom stereocenters. The summed E-state index contributed by atoms with van der Waals surface area (Å²) in [5, 5.41) is 3.38. The van der Waals surface area contributed by atoms with Crippen LogP contribution < -0.4 is 23.8 Å². The van der Waals surface area contributed by atoms with Gasteiger partial charge in [-0.15, -0.1) is 0 Å². The lowest BCUT2D eigenvalue weighted by Crippen LogP contribution is -2.63. The number of anilines is 1. The Bertz CT molecular complexity index is 3200. The maximum absolute atomic E-state index is 13.1. The Hall–Kier alpha value is -6.84. The Morgan fingerprint density at radius 2 is 1.08 bits per heavy atom. The molecular formula is C64H78N4O11. The Labute approximate surface area is 465 Å². The minimum Gasteiger partial charge on any atom is -0.464 e. The maximum atomic E-state index is 13.1. The minimum absolute atomic E-state index is 0.0310. The van der Waals surface area contributed by atoms with E-state index >= 15 is 0 Å². The number of ether oxygens (including phenoxy) is 7. The number of para-hydroxylation sites is 1. The van der Waals surface area contributed by atoms with Crippen LogP contribution in [-0.2, 0) is 38.8 Å². The number of hydrogen-bond donors (Lipinski definition) is 0. The molecule has 0 N–H and O–H groups in total. The average molecular weight is 1080 g/mol. The topological polar surface area (TPSA) is 164 Å². The first-order valence-corrected chi connectivity index (χ1v) is 28.0. The van der Waals surface area contributed by atoms with Crippen molar-refractivity contribution in [1.29, 1.82) is 0 Å². The zero-order valence-corrected chi connectivity index (χ0v) is 48.2. The summed E-state index contributed by atoms with van der Waals surface area (Å²) in [5.41, 5.74) is 1.52. The van der Waals surface area contributed by atoms with Crippen LogP contribution in [0.4, 0.5) is 17.1 Å². The zero-order valence-electron chi connectivity index (χ0n) is 48.2. The van der Waals surface area contributed by atoms with Gasteiger partial charge in [0.25, 0.3) is 0 Å². The summed E-state index contributed by atoms with van der Waals surface area (Å²) in [7, 11) is 0. The van der Waals surface area contributed by atoms with E-state index in [1.54, 1.807) is 24.3 Å². The number of benzene rings is 5. The highest BCUT2D eigenvalue weighted by Gasteiger charge is 2.60. The van der Waals surface area contributed by atoms with E-state index in [1.165, 1.54) is 5.56 Å². The van der Waals surface area contributed by atoms with Gasteiger partial charge in [-0.05, 0) is 103 Å². The number of rotatable bonds is 18. The van der Waals surface area contributed by atoms with Gasteiger partial charge >= 0.3 is 23.9 Å². The Morgan fingerprint density at radius 1 is 0.608 bits per heavy atom. The summed E-state index contributed by atoms with van der Waals surface area (Å²) >= 11 is 0. The Kier molecular flexibility index (Phi) is 15.8. The molecule has 0 aromatic heterocycles. The maximum Gasteiger partial charge on any atom is 0.311 e. The van der Waals surface area contributed by atoms with Crippen molar-refractivity contribution < 1.29 is 52.3 Å². The molecule has 1 fully saturated rings. The number of carbonyl (C=O) groups excluding carboxylic acids is 4. The van der Waals surface area contributed by atoms with E-state index < -0.39 is 53.0 Å². The summed E-state index contributed by atoms with van der Waals surface area (Å²) in [6, 6.07) is 27.1. The van der Waals surface area contributed by atoms with Gasteiger partial charge in [0.1, 0.15) is 46.6 Å². The molecule has 420 valence electrons. The van der Waals surface area contributed by atoms with Gasteiger partial charge in [-0.3, -0.25) is 34.1 Å². The van der Waals surface area contributed by atoms with E-state index in [2.05, 4.69) is 103 Å². The molecule has 4 aliphatic rings. The highest BCUT2D eigenvalue weighted by Crippen LogP contribution is 2.56. The lowest BCUT2D eigenvalue weighted by molar-refractivity contribution is -0.158. The third-order valence-corrected chi connectivity index (χ3v) is 15.7. The number of fused-ring (bicyclic) bond motifs is 7. The SMILES string of the molecule is CCC(COCC(CC)OC(=O)CCC(=O)Oc1ccc2ccc3c(c2c1)N=CC1(O3)N(CC(C)(C)C)c2ccccc2C1(C)C)OC(=O)CCC(=O)Oc1ccc2ccc3c(c2c1)N=CC1(O3)N(CC(C)(C)C)CCC1(C)C. The molecule has 0 aliphatic carbocycles. The molecule has 4 heterocycles. The van der Waals surface area contributed by atoms with Gasteiger partial charge in [-0.1, -0.05) is 112 Å². The fraction of sp³-hybridized carbons (Fsp3) is 0.500. The molecule has 9 rings (SSSR count). The minimum atomic E-state index is -0.871. The predicted molar refractivity (Wildman–Crippen MR) is 308 cm³/mol. The van der Waals surface area contributed by atoms with Gasteiger partial charge in [0, 0.05) is 41.5 Å². The molecule has 4 unspecified atom stereocenters. The van der Waals surface area contributed by atoms with E-state index in [4.69, 9.17) is 43.1 Å². The highest BCUT2D eigenvalue weighted by atomic mass is 16.6. The number of hydrogen-bond acceptors (Lipinski definition) is 15. The molecule has 4 aliphatic heterocycles. The van der Waals surface area contributed by atoms with Gasteiger partial charge in [0.2, 0.25) is 11.4 Å². The third kappa shape index (κ3) is 11.8. The lowest BCUT2D eigenvalue weighted by Gasteiger charge is -2.48. The Balaban J connectivity index is 0.718. The van der Waals surface area contributed by atoms with Crippen molar-refractivity contribution in [3.8, 4) is 23.0 Å². The van der Waals surface area contributed by atoms with Gasteiger partial charge < -0.3 is 38.1 Å². The monoisotopic (exact) mass is 1080 g/mol. The number of aliphatic imine (C=N–C) groups is 2. The van der Waals surface area contributed by atoms with Gasteiger partial charge in [0.05, 0.1) is 56.7 Å². The zero-order chi connectivity index (χ0) is 56.7. The smallest absolute Gasteiger partial charge is 0.311 e. The third-order valence-electron chi connectivity index (χ3n) is 15.7. The van der Waals surface area contributed by atoms with Gasteiger partial charge in [-0.2, -0.15) is 0 Å². The van der Waals surface area contributed by atoms with E-state index in [0.717, 1.165) is 53.3 Å². The molecule has 5 aromatic rings. The molecule has 0 bridgehead atoms. The van der Waals surface area contributed by atoms with Crippen molar-refractivity contribution in [1.82, 2.24) is 4.90 Å². The largest absolute Gasteiger partial charge is 0.464 e. The molecule has 1 saturated heterocycles. The summed E-state index contributed by atoms with van der Waals surface area (Å²) in [5.74, 6) is -0.349. The number of esters is 4. The van der Waals surface area contributed by atoms with E-state index in [-0.39, 0.29) is 55.1 Å². The highest BCUT2D eigenvalue weighted by molar-refractivity contribution is 6.02. The van der Waals surface area contributed by atoms with Gasteiger partial charge in [0.15, 0.2) is 0 Å². The number of nitrogens with zero attached hydrogens (tertiary/aromatic N) is 4. The Morgan fingerprint density at radius 3 is 1.58 bits per heavy atom. The van der Waals surface area contributed by atoms with E-state index in [1.807, 2.05) is 62.7 Å². The molecule has 0 amide bonds. The first-order chi connectivity index (χ1) is 37.3. The lowest BCUT2D eigenvalue weighted by atomic mass is 9.77. The van der Waals surface area contributed by atoms with Crippen molar-refractivity contribution in [2.75, 3.05) is 37.7 Å². The predicted octanol–water partition coefficient (Wildman–Crippen LogP) is 12.9. The van der Waals surface area contributed by atoms with Crippen LogP contribution in [0.3, 0.4) is 0 Å². The summed E-state index contributed by atoms with van der Waals surface area (Å²) in [6.07, 6.45) is 3.82.